The number of hydrogen-bond acceptors (Lipinski definition) is 3. The third kappa shape index (κ3) is 4.95. The molecule has 28 heavy (non-hydrogen) atoms. The normalized spacial score (nSPS) is 21.5. The van der Waals surface area contributed by atoms with E-state index in [0.29, 0.717) is 6.04 Å². The molecule has 0 radical (unpaired) electrons. The lowest BCUT2D eigenvalue weighted by atomic mass is 9.94. The van der Waals surface area contributed by atoms with Gasteiger partial charge in [-0.1, -0.05) is 61.7 Å². The predicted octanol–water partition coefficient (Wildman–Crippen LogP) is 5.07. The molecule has 150 valence electrons. The van der Waals surface area contributed by atoms with Crippen LogP contribution in [0.25, 0.3) is 0 Å². The molecule has 0 aromatic heterocycles. The van der Waals surface area contributed by atoms with Crippen molar-refractivity contribution in [2.75, 3.05) is 38.2 Å². The van der Waals surface area contributed by atoms with Crippen LogP contribution >= 0.6 is 0 Å². The average Bonchev–Trinajstić information content (AvgIpc) is 2.79. The summed E-state index contributed by atoms with van der Waals surface area (Å²) < 4.78 is 6.11. The van der Waals surface area contributed by atoms with Gasteiger partial charge in [-0.25, -0.2) is 0 Å². The maximum atomic E-state index is 6.11. The summed E-state index contributed by atoms with van der Waals surface area (Å²) in [6.45, 7) is 3.95. The maximum absolute atomic E-state index is 6.11. The molecule has 2 aliphatic rings. The summed E-state index contributed by atoms with van der Waals surface area (Å²) in [6, 6.07) is 20.6. The first kappa shape index (κ1) is 19.5. The molecule has 1 heterocycles. The van der Waals surface area contributed by atoms with Gasteiger partial charge in [0, 0.05) is 38.4 Å². The van der Waals surface area contributed by atoms with Gasteiger partial charge in [0.25, 0.3) is 0 Å². The highest BCUT2D eigenvalue weighted by atomic mass is 16.5. The summed E-state index contributed by atoms with van der Waals surface area (Å²) in [6.07, 6.45) is 8.13. The monoisotopic (exact) mass is 378 g/mol. The predicted molar refractivity (Wildman–Crippen MR) is 117 cm³/mol. The van der Waals surface area contributed by atoms with Crippen LogP contribution in [0.4, 0.5) is 5.69 Å². The maximum Gasteiger partial charge on any atom is 0.0952 e. The molecule has 1 aliphatic heterocycles. The van der Waals surface area contributed by atoms with E-state index in [4.69, 9.17) is 4.74 Å². The van der Waals surface area contributed by atoms with E-state index in [1.165, 1.54) is 48.9 Å². The molecule has 0 bridgehead atoms. The van der Waals surface area contributed by atoms with Gasteiger partial charge < -0.3 is 9.64 Å². The smallest absolute Gasteiger partial charge is 0.0952 e. The molecule has 0 spiro atoms. The van der Waals surface area contributed by atoms with E-state index < -0.39 is 0 Å². The minimum Gasteiger partial charge on any atom is -0.372 e. The second-order valence-electron chi connectivity index (χ2n) is 8.39. The van der Waals surface area contributed by atoms with Crippen molar-refractivity contribution in [3.8, 4) is 0 Å². The quantitative estimate of drug-likeness (QED) is 0.698. The Balaban J connectivity index is 1.33. The number of nitrogens with zero attached hydrogens (tertiary/aromatic N) is 2. The van der Waals surface area contributed by atoms with Crippen LogP contribution < -0.4 is 4.90 Å². The molecule has 2 aromatic rings. The van der Waals surface area contributed by atoms with Crippen LogP contribution in [-0.4, -0.2) is 44.2 Å². The van der Waals surface area contributed by atoms with Gasteiger partial charge >= 0.3 is 0 Å². The van der Waals surface area contributed by atoms with Crippen molar-refractivity contribution in [3.05, 3.63) is 65.7 Å². The van der Waals surface area contributed by atoms with Gasteiger partial charge in [-0.05, 0) is 42.5 Å². The molecule has 1 aliphatic carbocycles. The van der Waals surface area contributed by atoms with Crippen LogP contribution in [0, 0.1) is 0 Å². The van der Waals surface area contributed by atoms with Gasteiger partial charge in [-0.3, -0.25) is 4.90 Å². The zero-order valence-electron chi connectivity index (χ0n) is 17.2. The number of ether oxygens (including phenoxy) is 1. The molecule has 3 nitrogen and oxygen atoms in total. The van der Waals surface area contributed by atoms with Crippen molar-refractivity contribution in [3.63, 3.8) is 0 Å². The summed E-state index contributed by atoms with van der Waals surface area (Å²) in [5.41, 5.74) is 4.07. The highest BCUT2D eigenvalue weighted by Gasteiger charge is 2.23. The Hall–Kier alpha value is -1.84. The Morgan fingerprint density at radius 2 is 1.71 bits per heavy atom. The SMILES string of the molecule is CN(c1ccc([C@H]2CN(CCc3ccccc3)CCO2)cc1)C1CCCCC1. The van der Waals surface area contributed by atoms with Gasteiger partial charge in [-0.15, -0.1) is 0 Å². The van der Waals surface area contributed by atoms with Crippen molar-refractivity contribution < 1.29 is 4.74 Å². The van der Waals surface area contributed by atoms with Gasteiger partial charge in [0.1, 0.15) is 0 Å². The van der Waals surface area contributed by atoms with Gasteiger partial charge in [-0.2, -0.15) is 0 Å². The molecule has 4 rings (SSSR count). The van der Waals surface area contributed by atoms with E-state index in [1.807, 2.05) is 0 Å². The summed E-state index contributed by atoms with van der Waals surface area (Å²) in [7, 11) is 2.26. The van der Waals surface area contributed by atoms with Crippen LogP contribution in [0.1, 0.15) is 49.3 Å². The van der Waals surface area contributed by atoms with E-state index in [2.05, 4.69) is 71.4 Å². The van der Waals surface area contributed by atoms with Crippen molar-refractivity contribution in [2.45, 2.75) is 50.7 Å². The molecular formula is C25H34N2O. The molecule has 1 saturated heterocycles. The molecule has 3 heteroatoms. The van der Waals surface area contributed by atoms with Gasteiger partial charge in [0.2, 0.25) is 0 Å². The fourth-order valence-electron chi connectivity index (χ4n) is 4.64. The van der Waals surface area contributed by atoms with Crippen molar-refractivity contribution in [1.29, 1.82) is 0 Å². The third-order valence-corrected chi connectivity index (χ3v) is 6.50. The number of hydrogen-bond donors (Lipinski definition) is 0. The second-order valence-corrected chi connectivity index (χ2v) is 8.39. The second kappa shape index (κ2) is 9.58. The molecule has 0 N–H and O–H groups in total. The average molecular weight is 379 g/mol. The van der Waals surface area contributed by atoms with E-state index in [9.17, 15) is 0 Å². The van der Waals surface area contributed by atoms with Crippen molar-refractivity contribution >= 4 is 5.69 Å². The van der Waals surface area contributed by atoms with Crippen molar-refractivity contribution in [2.24, 2.45) is 0 Å². The van der Waals surface area contributed by atoms with Gasteiger partial charge in [0.05, 0.1) is 12.7 Å². The Bertz CT molecular complexity index is 709. The first-order valence-electron chi connectivity index (χ1n) is 11.0. The van der Waals surface area contributed by atoms with Crippen LogP contribution in [0.5, 0.6) is 0 Å². The van der Waals surface area contributed by atoms with Crippen LogP contribution in [0.15, 0.2) is 54.6 Å². The Morgan fingerprint density at radius 1 is 0.964 bits per heavy atom. The van der Waals surface area contributed by atoms with E-state index in [0.717, 1.165) is 32.7 Å². The number of morpholine rings is 1. The van der Waals surface area contributed by atoms with Crippen LogP contribution in [-0.2, 0) is 11.2 Å². The summed E-state index contributed by atoms with van der Waals surface area (Å²) >= 11 is 0. The molecular weight excluding hydrogens is 344 g/mol. The first-order chi connectivity index (χ1) is 13.8. The van der Waals surface area contributed by atoms with Crippen molar-refractivity contribution in [1.82, 2.24) is 4.90 Å². The summed E-state index contributed by atoms with van der Waals surface area (Å²) in [5.74, 6) is 0. The lowest BCUT2D eigenvalue weighted by molar-refractivity contribution is -0.0295. The third-order valence-electron chi connectivity index (χ3n) is 6.50. The number of anilines is 1. The summed E-state index contributed by atoms with van der Waals surface area (Å²) in [4.78, 5) is 5.03. The fourth-order valence-corrected chi connectivity index (χ4v) is 4.64. The standard InChI is InChI=1S/C25H34N2O/c1-26(23-10-6-3-7-11-23)24-14-12-22(13-15-24)25-20-27(18-19-28-25)17-16-21-8-4-2-5-9-21/h2,4-5,8-9,12-15,23,25H,3,6-7,10-11,16-20H2,1H3/t25-/m1/s1. The van der Waals surface area contributed by atoms with E-state index in [-0.39, 0.29) is 6.10 Å². The summed E-state index contributed by atoms with van der Waals surface area (Å²) in [5, 5.41) is 0. The minimum absolute atomic E-state index is 0.193. The lowest BCUT2D eigenvalue weighted by Crippen LogP contribution is -2.39. The van der Waals surface area contributed by atoms with Crippen LogP contribution in [0.3, 0.4) is 0 Å². The topological polar surface area (TPSA) is 15.7 Å². The first-order valence-corrected chi connectivity index (χ1v) is 11.0. The Morgan fingerprint density at radius 3 is 2.46 bits per heavy atom. The molecule has 0 unspecified atom stereocenters. The zero-order valence-corrected chi connectivity index (χ0v) is 17.2. The zero-order chi connectivity index (χ0) is 19.2. The van der Waals surface area contributed by atoms with E-state index >= 15 is 0 Å². The Labute approximate surface area is 170 Å². The number of rotatable bonds is 6. The highest BCUT2D eigenvalue weighted by Crippen LogP contribution is 2.28. The molecule has 1 saturated carbocycles. The highest BCUT2D eigenvalue weighted by molar-refractivity contribution is 5.48. The molecule has 1 atom stereocenters. The fraction of sp³-hybridized carbons (Fsp3) is 0.520. The molecule has 0 amide bonds. The molecule has 2 fully saturated rings. The number of benzene rings is 2. The van der Waals surface area contributed by atoms with E-state index in [1.54, 1.807) is 0 Å². The minimum atomic E-state index is 0.193. The largest absolute Gasteiger partial charge is 0.372 e. The van der Waals surface area contributed by atoms with Gasteiger partial charge in [0.15, 0.2) is 0 Å². The Kier molecular flexibility index (Phi) is 6.66. The van der Waals surface area contributed by atoms with Crippen LogP contribution in [0.2, 0.25) is 0 Å². The lowest BCUT2D eigenvalue weighted by Gasteiger charge is -2.34. The molecule has 2 aromatic carbocycles.